The summed E-state index contributed by atoms with van der Waals surface area (Å²) in [5.74, 6) is 0. The van der Waals surface area contributed by atoms with Gasteiger partial charge in [-0.05, 0) is 30.5 Å². The third-order valence-corrected chi connectivity index (χ3v) is 2.60. The highest BCUT2D eigenvalue weighted by molar-refractivity contribution is 5.85. The molecule has 0 saturated carbocycles. The number of aromatic amines is 1. The molecule has 2 heteroatoms. The van der Waals surface area contributed by atoms with Crippen molar-refractivity contribution in [2.75, 3.05) is 13.7 Å². The van der Waals surface area contributed by atoms with Gasteiger partial charge in [0.05, 0.1) is 6.61 Å². The summed E-state index contributed by atoms with van der Waals surface area (Å²) in [6.07, 6.45) is 2.97. The summed E-state index contributed by atoms with van der Waals surface area (Å²) in [6, 6.07) is 6.47. The fourth-order valence-corrected chi connectivity index (χ4v) is 1.79. The van der Waals surface area contributed by atoms with Gasteiger partial charge in [0.15, 0.2) is 0 Å². The van der Waals surface area contributed by atoms with Crippen molar-refractivity contribution in [2.45, 2.75) is 13.3 Å². The normalized spacial score (nSPS) is 11.0. The Hall–Kier alpha value is -1.28. The molecule has 1 N–H and O–H groups in total. The van der Waals surface area contributed by atoms with E-state index in [2.05, 4.69) is 30.1 Å². The molecule has 0 bridgehead atoms. The van der Waals surface area contributed by atoms with Crippen molar-refractivity contribution in [3.63, 3.8) is 0 Å². The Kier molecular flexibility index (Phi) is 2.55. The van der Waals surface area contributed by atoms with Gasteiger partial charge < -0.3 is 9.72 Å². The second kappa shape index (κ2) is 3.84. The van der Waals surface area contributed by atoms with E-state index >= 15 is 0 Å². The molecule has 2 nitrogen and oxygen atoms in total. The molecule has 1 aromatic heterocycles. The number of rotatable bonds is 3. The van der Waals surface area contributed by atoms with Gasteiger partial charge in [-0.1, -0.05) is 12.1 Å². The van der Waals surface area contributed by atoms with E-state index in [1.165, 1.54) is 22.0 Å². The minimum Gasteiger partial charge on any atom is -0.384 e. The van der Waals surface area contributed by atoms with Crippen LogP contribution in [0.5, 0.6) is 0 Å². The number of hydrogen-bond donors (Lipinski definition) is 1. The Bertz CT molecular complexity index is 431. The number of ether oxygens (including phenoxy) is 1. The zero-order valence-corrected chi connectivity index (χ0v) is 8.63. The molecule has 0 atom stereocenters. The molecular formula is C12H15NO. The molecule has 0 spiro atoms. The molecular weight excluding hydrogens is 174 g/mol. The van der Waals surface area contributed by atoms with Crippen molar-refractivity contribution in [1.29, 1.82) is 0 Å². The van der Waals surface area contributed by atoms with Crippen LogP contribution >= 0.6 is 0 Å². The molecule has 0 saturated heterocycles. The number of benzene rings is 1. The van der Waals surface area contributed by atoms with Crippen LogP contribution in [0.25, 0.3) is 10.9 Å². The van der Waals surface area contributed by atoms with E-state index in [-0.39, 0.29) is 0 Å². The number of aryl methyl sites for hydroxylation is 1. The van der Waals surface area contributed by atoms with Crippen LogP contribution in [-0.4, -0.2) is 18.7 Å². The molecule has 0 amide bonds. The summed E-state index contributed by atoms with van der Waals surface area (Å²) >= 11 is 0. The fraction of sp³-hybridized carbons (Fsp3) is 0.333. The van der Waals surface area contributed by atoms with Gasteiger partial charge in [-0.3, -0.25) is 0 Å². The highest BCUT2D eigenvalue weighted by Crippen LogP contribution is 2.21. The SMILES string of the molecule is COCCc1ccc(C)c2[nH]ccc12. The summed E-state index contributed by atoms with van der Waals surface area (Å²) in [4.78, 5) is 3.26. The lowest BCUT2D eigenvalue weighted by atomic mass is 10.0. The molecule has 0 unspecified atom stereocenters. The Balaban J connectivity index is 2.45. The molecule has 0 aliphatic carbocycles. The standard InChI is InChI=1S/C12H15NO/c1-9-3-4-10(6-8-14-2)11-5-7-13-12(9)11/h3-5,7,13H,6,8H2,1-2H3. The molecule has 14 heavy (non-hydrogen) atoms. The lowest BCUT2D eigenvalue weighted by molar-refractivity contribution is 0.202. The highest BCUT2D eigenvalue weighted by atomic mass is 16.5. The first-order chi connectivity index (χ1) is 6.83. The molecule has 0 aliphatic heterocycles. The van der Waals surface area contributed by atoms with Crippen LogP contribution in [0.4, 0.5) is 0 Å². The van der Waals surface area contributed by atoms with Gasteiger partial charge >= 0.3 is 0 Å². The van der Waals surface area contributed by atoms with Gasteiger partial charge in [-0.15, -0.1) is 0 Å². The van der Waals surface area contributed by atoms with Gasteiger partial charge in [0, 0.05) is 24.2 Å². The van der Waals surface area contributed by atoms with E-state index in [4.69, 9.17) is 4.74 Å². The van der Waals surface area contributed by atoms with Crippen LogP contribution in [0.3, 0.4) is 0 Å². The summed E-state index contributed by atoms with van der Waals surface area (Å²) in [5, 5.41) is 1.32. The first-order valence-electron chi connectivity index (χ1n) is 4.87. The third kappa shape index (κ3) is 1.53. The van der Waals surface area contributed by atoms with Crippen LogP contribution in [0.1, 0.15) is 11.1 Å². The molecule has 0 fully saturated rings. The average Bonchev–Trinajstić information content (AvgIpc) is 2.66. The quantitative estimate of drug-likeness (QED) is 0.789. The predicted molar refractivity (Wildman–Crippen MR) is 58.6 cm³/mol. The Morgan fingerprint density at radius 2 is 2.14 bits per heavy atom. The number of fused-ring (bicyclic) bond motifs is 1. The number of hydrogen-bond acceptors (Lipinski definition) is 1. The van der Waals surface area contributed by atoms with Crippen molar-refractivity contribution in [3.8, 4) is 0 Å². The largest absolute Gasteiger partial charge is 0.384 e. The van der Waals surface area contributed by atoms with Crippen molar-refractivity contribution >= 4 is 10.9 Å². The first kappa shape index (κ1) is 9.28. The Labute approximate surface area is 83.9 Å². The lowest BCUT2D eigenvalue weighted by Gasteiger charge is -2.04. The topological polar surface area (TPSA) is 25.0 Å². The van der Waals surface area contributed by atoms with E-state index in [0.29, 0.717) is 0 Å². The van der Waals surface area contributed by atoms with Crippen molar-refractivity contribution in [2.24, 2.45) is 0 Å². The molecule has 1 heterocycles. The fourth-order valence-electron chi connectivity index (χ4n) is 1.79. The van der Waals surface area contributed by atoms with Gasteiger partial charge in [0.25, 0.3) is 0 Å². The maximum Gasteiger partial charge on any atom is 0.0502 e. The van der Waals surface area contributed by atoms with E-state index in [1.54, 1.807) is 7.11 Å². The Morgan fingerprint density at radius 3 is 2.93 bits per heavy atom. The van der Waals surface area contributed by atoms with Gasteiger partial charge in [-0.2, -0.15) is 0 Å². The van der Waals surface area contributed by atoms with Gasteiger partial charge in [0.1, 0.15) is 0 Å². The number of aromatic nitrogens is 1. The van der Waals surface area contributed by atoms with E-state index in [9.17, 15) is 0 Å². The average molecular weight is 189 g/mol. The van der Waals surface area contributed by atoms with Crippen LogP contribution < -0.4 is 0 Å². The van der Waals surface area contributed by atoms with Gasteiger partial charge in [-0.25, -0.2) is 0 Å². The maximum atomic E-state index is 5.09. The van der Waals surface area contributed by atoms with E-state index in [0.717, 1.165) is 13.0 Å². The molecule has 2 aromatic rings. The smallest absolute Gasteiger partial charge is 0.0502 e. The minimum atomic E-state index is 0.781. The molecule has 0 aliphatic rings. The highest BCUT2D eigenvalue weighted by Gasteiger charge is 2.03. The monoisotopic (exact) mass is 189 g/mol. The first-order valence-corrected chi connectivity index (χ1v) is 4.87. The second-order valence-corrected chi connectivity index (χ2v) is 3.55. The predicted octanol–water partition coefficient (Wildman–Crippen LogP) is 2.67. The summed E-state index contributed by atoms with van der Waals surface area (Å²) < 4.78 is 5.09. The van der Waals surface area contributed by atoms with Crippen LogP contribution in [0.15, 0.2) is 24.4 Å². The zero-order valence-electron chi connectivity index (χ0n) is 8.63. The Morgan fingerprint density at radius 1 is 1.29 bits per heavy atom. The molecule has 74 valence electrons. The van der Waals surface area contributed by atoms with E-state index < -0.39 is 0 Å². The summed E-state index contributed by atoms with van der Waals surface area (Å²) in [6.45, 7) is 2.91. The van der Waals surface area contributed by atoms with Crippen LogP contribution in [0.2, 0.25) is 0 Å². The number of methoxy groups -OCH3 is 1. The molecule has 2 rings (SSSR count). The van der Waals surface area contributed by atoms with Crippen molar-refractivity contribution < 1.29 is 4.74 Å². The second-order valence-electron chi connectivity index (χ2n) is 3.55. The zero-order chi connectivity index (χ0) is 9.97. The number of nitrogens with one attached hydrogen (secondary N) is 1. The van der Waals surface area contributed by atoms with Crippen molar-refractivity contribution in [3.05, 3.63) is 35.5 Å². The molecule has 0 radical (unpaired) electrons. The summed E-state index contributed by atoms with van der Waals surface area (Å²) in [7, 11) is 1.74. The van der Waals surface area contributed by atoms with Crippen molar-refractivity contribution in [1.82, 2.24) is 4.98 Å². The minimum absolute atomic E-state index is 0.781. The van der Waals surface area contributed by atoms with E-state index in [1.807, 2.05) is 6.20 Å². The third-order valence-electron chi connectivity index (χ3n) is 2.60. The lowest BCUT2D eigenvalue weighted by Crippen LogP contribution is -1.95. The van der Waals surface area contributed by atoms with Crippen LogP contribution in [0, 0.1) is 6.92 Å². The summed E-state index contributed by atoms with van der Waals surface area (Å²) in [5.41, 5.74) is 3.90. The maximum absolute atomic E-state index is 5.09. The van der Waals surface area contributed by atoms with Gasteiger partial charge in [0.2, 0.25) is 0 Å². The number of H-pyrrole nitrogens is 1. The van der Waals surface area contributed by atoms with Crippen LogP contribution in [-0.2, 0) is 11.2 Å². The molecule has 1 aromatic carbocycles.